The quantitative estimate of drug-likeness (QED) is 0.868. The minimum absolute atomic E-state index is 0.144. The highest BCUT2D eigenvalue weighted by Crippen LogP contribution is 2.33. The maximum absolute atomic E-state index is 13.3. The fraction of sp³-hybridized carbons (Fsp3) is 0.231. The SMILES string of the molecule is CNc1ccn(-c2c(C)cc(F)cc2OC(F)(F)F)c1. The van der Waals surface area contributed by atoms with Crippen LogP contribution in [0.5, 0.6) is 5.75 Å². The van der Waals surface area contributed by atoms with Crippen molar-refractivity contribution in [3.8, 4) is 11.4 Å². The molecule has 0 bridgehead atoms. The Hall–Kier alpha value is -2.18. The first kappa shape index (κ1) is 14.2. The number of nitrogens with one attached hydrogen (secondary N) is 1. The Bertz CT molecular complexity index is 619. The number of rotatable bonds is 3. The summed E-state index contributed by atoms with van der Waals surface area (Å²) >= 11 is 0. The van der Waals surface area contributed by atoms with E-state index in [1.807, 2.05) is 0 Å². The third-order valence-corrected chi connectivity index (χ3v) is 2.70. The molecule has 0 amide bonds. The zero-order chi connectivity index (χ0) is 14.9. The van der Waals surface area contributed by atoms with E-state index in [1.165, 1.54) is 11.5 Å². The van der Waals surface area contributed by atoms with Crippen LogP contribution in [0.15, 0.2) is 30.6 Å². The Labute approximate surface area is 112 Å². The predicted molar refractivity (Wildman–Crippen MR) is 66.7 cm³/mol. The van der Waals surface area contributed by atoms with Gasteiger partial charge in [-0.3, -0.25) is 0 Å². The largest absolute Gasteiger partial charge is 0.573 e. The van der Waals surface area contributed by atoms with Crippen molar-refractivity contribution in [2.45, 2.75) is 13.3 Å². The number of ether oxygens (including phenoxy) is 1. The highest BCUT2D eigenvalue weighted by Gasteiger charge is 2.33. The maximum atomic E-state index is 13.3. The molecule has 0 spiro atoms. The van der Waals surface area contributed by atoms with Crippen LogP contribution in [-0.2, 0) is 0 Å². The van der Waals surface area contributed by atoms with Gasteiger partial charge in [0.05, 0.1) is 11.4 Å². The third-order valence-electron chi connectivity index (χ3n) is 2.70. The van der Waals surface area contributed by atoms with Gasteiger partial charge in [0.2, 0.25) is 0 Å². The van der Waals surface area contributed by atoms with Crippen molar-refractivity contribution in [3.63, 3.8) is 0 Å². The van der Waals surface area contributed by atoms with Gasteiger partial charge in [-0.2, -0.15) is 0 Å². The van der Waals surface area contributed by atoms with E-state index in [2.05, 4.69) is 10.1 Å². The van der Waals surface area contributed by atoms with Crippen LogP contribution >= 0.6 is 0 Å². The second-order valence-electron chi connectivity index (χ2n) is 4.17. The van der Waals surface area contributed by atoms with Gasteiger partial charge in [0.1, 0.15) is 5.82 Å². The molecule has 0 atom stereocenters. The smallest absolute Gasteiger partial charge is 0.403 e. The van der Waals surface area contributed by atoms with E-state index >= 15 is 0 Å². The Morgan fingerprint density at radius 1 is 1.25 bits per heavy atom. The van der Waals surface area contributed by atoms with Crippen molar-refractivity contribution >= 4 is 5.69 Å². The molecule has 108 valence electrons. The monoisotopic (exact) mass is 288 g/mol. The van der Waals surface area contributed by atoms with Crippen molar-refractivity contribution < 1.29 is 22.3 Å². The lowest BCUT2D eigenvalue weighted by Gasteiger charge is -2.16. The average Bonchev–Trinajstić information content (AvgIpc) is 2.74. The summed E-state index contributed by atoms with van der Waals surface area (Å²) in [6, 6.07) is 3.55. The molecule has 1 heterocycles. The first-order valence-electron chi connectivity index (χ1n) is 5.72. The number of benzene rings is 1. The zero-order valence-corrected chi connectivity index (χ0v) is 10.8. The number of hydrogen-bond acceptors (Lipinski definition) is 2. The molecule has 0 saturated carbocycles. The van der Waals surface area contributed by atoms with Crippen molar-refractivity contribution in [1.29, 1.82) is 0 Å². The van der Waals surface area contributed by atoms with Gasteiger partial charge < -0.3 is 14.6 Å². The molecule has 0 fully saturated rings. The summed E-state index contributed by atoms with van der Waals surface area (Å²) in [5, 5.41) is 2.86. The number of hydrogen-bond donors (Lipinski definition) is 1. The molecule has 0 aliphatic carbocycles. The van der Waals surface area contributed by atoms with E-state index in [4.69, 9.17) is 0 Å². The summed E-state index contributed by atoms with van der Waals surface area (Å²) in [5.41, 5.74) is 1.19. The molecular weight excluding hydrogens is 276 g/mol. The van der Waals surface area contributed by atoms with Gasteiger partial charge in [-0.1, -0.05) is 0 Å². The predicted octanol–water partition coefficient (Wildman–Crippen LogP) is 3.87. The standard InChI is InChI=1S/C13H12F4N2O/c1-8-5-9(14)6-11(20-13(15,16)17)12(8)19-4-3-10(7-19)18-2/h3-7,18H,1-2H3. The Kier molecular flexibility index (Phi) is 3.61. The van der Waals surface area contributed by atoms with E-state index in [0.717, 1.165) is 12.1 Å². The molecule has 2 aromatic rings. The molecule has 0 aliphatic heterocycles. The number of halogens is 4. The van der Waals surface area contributed by atoms with Gasteiger partial charge in [0.25, 0.3) is 0 Å². The van der Waals surface area contributed by atoms with Crippen molar-refractivity contribution in [2.75, 3.05) is 12.4 Å². The van der Waals surface area contributed by atoms with Gasteiger partial charge in [-0.15, -0.1) is 13.2 Å². The van der Waals surface area contributed by atoms with E-state index in [-0.39, 0.29) is 5.69 Å². The number of anilines is 1. The summed E-state index contributed by atoms with van der Waals surface area (Å²) in [6.07, 6.45) is -1.73. The molecule has 1 aromatic heterocycles. The fourth-order valence-electron chi connectivity index (χ4n) is 1.92. The van der Waals surface area contributed by atoms with Crippen LogP contribution in [0.25, 0.3) is 5.69 Å². The number of alkyl halides is 3. The molecule has 1 aromatic carbocycles. The highest BCUT2D eigenvalue weighted by molar-refractivity contribution is 5.55. The lowest BCUT2D eigenvalue weighted by molar-refractivity contribution is -0.274. The van der Waals surface area contributed by atoms with E-state index in [0.29, 0.717) is 11.3 Å². The Balaban J connectivity index is 2.55. The topological polar surface area (TPSA) is 26.2 Å². The molecule has 20 heavy (non-hydrogen) atoms. The second-order valence-corrected chi connectivity index (χ2v) is 4.17. The van der Waals surface area contributed by atoms with Crippen LogP contribution in [0.2, 0.25) is 0 Å². The number of aryl methyl sites for hydroxylation is 1. The summed E-state index contributed by atoms with van der Waals surface area (Å²) in [7, 11) is 1.68. The van der Waals surface area contributed by atoms with Gasteiger partial charge in [-0.25, -0.2) is 4.39 Å². The highest BCUT2D eigenvalue weighted by atomic mass is 19.4. The maximum Gasteiger partial charge on any atom is 0.573 e. The average molecular weight is 288 g/mol. The summed E-state index contributed by atoms with van der Waals surface area (Å²) in [6.45, 7) is 1.51. The lowest BCUT2D eigenvalue weighted by atomic mass is 10.1. The molecule has 1 N–H and O–H groups in total. The van der Waals surface area contributed by atoms with Gasteiger partial charge in [-0.05, 0) is 24.6 Å². The molecular formula is C13H12F4N2O. The summed E-state index contributed by atoms with van der Waals surface area (Å²) in [5.74, 6) is -1.36. The normalized spacial score (nSPS) is 11.5. The lowest BCUT2D eigenvalue weighted by Crippen LogP contribution is -2.18. The number of nitrogens with zero attached hydrogens (tertiary/aromatic N) is 1. The minimum atomic E-state index is -4.88. The first-order valence-corrected chi connectivity index (χ1v) is 5.72. The number of aromatic nitrogens is 1. The first-order chi connectivity index (χ1) is 9.30. The minimum Gasteiger partial charge on any atom is -0.403 e. The molecule has 0 radical (unpaired) electrons. The van der Waals surface area contributed by atoms with Gasteiger partial charge in [0.15, 0.2) is 5.75 Å². The zero-order valence-electron chi connectivity index (χ0n) is 10.8. The molecule has 0 aliphatic rings. The molecule has 3 nitrogen and oxygen atoms in total. The van der Waals surface area contributed by atoms with E-state index in [1.54, 1.807) is 25.5 Å². The second kappa shape index (κ2) is 5.07. The van der Waals surface area contributed by atoms with Gasteiger partial charge in [0, 0.05) is 25.5 Å². The Morgan fingerprint density at radius 3 is 2.50 bits per heavy atom. The van der Waals surface area contributed by atoms with Crippen LogP contribution in [0.4, 0.5) is 23.2 Å². The van der Waals surface area contributed by atoms with Crippen LogP contribution in [-0.4, -0.2) is 18.0 Å². The third kappa shape index (κ3) is 3.04. The van der Waals surface area contributed by atoms with Crippen LogP contribution < -0.4 is 10.1 Å². The van der Waals surface area contributed by atoms with Crippen molar-refractivity contribution in [2.24, 2.45) is 0 Å². The van der Waals surface area contributed by atoms with Gasteiger partial charge >= 0.3 is 6.36 Å². The van der Waals surface area contributed by atoms with E-state index < -0.39 is 17.9 Å². The van der Waals surface area contributed by atoms with E-state index in [9.17, 15) is 17.6 Å². The van der Waals surface area contributed by atoms with Crippen molar-refractivity contribution in [3.05, 3.63) is 42.0 Å². The molecule has 0 saturated heterocycles. The molecule has 2 rings (SSSR count). The van der Waals surface area contributed by atoms with Crippen LogP contribution in [0.1, 0.15) is 5.56 Å². The summed E-state index contributed by atoms with van der Waals surface area (Å²) in [4.78, 5) is 0. The summed E-state index contributed by atoms with van der Waals surface area (Å²) < 4.78 is 55.9. The van der Waals surface area contributed by atoms with Crippen molar-refractivity contribution in [1.82, 2.24) is 4.57 Å². The fourth-order valence-corrected chi connectivity index (χ4v) is 1.92. The molecule has 7 heteroatoms. The van der Waals surface area contributed by atoms with Crippen LogP contribution in [0.3, 0.4) is 0 Å². The van der Waals surface area contributed by atoms with Crippen LogP contribution in [0, 0.1) is 12.7 Å². The molecule has 0 unspecified atom stereocenters. The Morgan fingerprint density at radius 2 is 1.95 bits per heavy atom.